The van der Waals surface area contributed by atoms with Crippen molar-refractivity contribution in [1.82, 2.24) is 4.98 Å². The molecule has 0 aliphatic carbocycles. The van der Waals surface area contributed by atoms with Gasteiger partial charge < -0.3 is 0 Å². The Hall–Kier alpha value is 0.01000. The largest absolute Gasteiger partial charge is 0.257 e. The van der Waals surface area contributed by atoms with Crippen LogP contribution in [0.4, 0.5) is 0 Å². The topological polar surface area (TPSA) is 12.9 Å². The maximum atomic E-state index is 5.07. The molecule has 0 bridgehead atoms. The van der Waals surface area contributed by atoms with Crippen LogP contribution in [0.5, 0.6) is 0 Å². The molecule has 2 saturated heterocycles. The highest BCUT2D eigenvalue weighted by atomic mass is 31.1. The smallest absolute Gasteiger partial charge is 0.0480 e. The van der Waals surface area contributed by atoms with Crippen molar-refractivity contribution in [2.75, 3.05) is 25.7 Å². The van der Waals surface area contributed by atoms with E-state index in [1.54, 1.807) is 0 Å². The van der Waals surface area contributed by atoms with Crippen LogP contribution in [0.3, 0.4) is 0 Å². The molecule has 0 radical (unpaired) electrons. The van der Waals surface area contributed by atoms with Gasteiger partial charge in [0.1, 0.15) is 0 Å². The standard InChI is InChI=1S/C15H23NP2/c1-17-10-4-8-14(17)12-6-3-7-13(16-12)15-9-5-11-18(15)2/h3,6-7,14-15H,4-5,8-11H2,1-2H3. The van der Waals surface area contributed by atoms with E-state index in [1.807, 2.05) is 0 Å². The minimum atomic E-state index is 0.202. The summed E-state index contributed by atoms with van der Waals surface area (Å²) in [5.74, 6) is 0. The lowest BCUT2D eigenvalue weighted by molar-refractivity contribution is 0.767. The molecule has 0 saturated carbocycles. The maximum Gasteiger partial charge on any atom is 0.0480 e. The lowest BCUT2D eigenvalue weighted by Crippen LogP contribution is -2.01. The molecule has 4 atom stereocenters. The van der Waals surface area contributed by atoms with Crippen LogP contribution in [0.2, 0.25) is 0 Å². The third-order valence-electron chi connectivity index (χ3n) is 4.52. The first kappa shape index (κ1) is 13.0. The minimum Gasteiger partial charge on any atom is -0.257 e. The molecule has 1 aromatic heterocycles. The number of pyridine rings is 1. The van der Waals surface area contributed by atoms with Gasteiger partial charge in [-0.15, -0.1) is 15.8 Å². The number of hydrogen-bond donors (Lipinski definition) is 0. The number of hydrogen-bond acceptors (Lipinski definition) is 1. The van der Waals surface area contributed by atoms with Gasteiger partial charge in [-0.25, -0.2) is 0 Å². The molecule has 0 N–H and O–H groups in total. The Kier molecular flexibility index (Phi) is 4.02. The van der Waals surface area contributed by atoms with Gasteiger partial charge in [-0.3, -0.25) is 4.98 Å². The van der Waals surface area contributed by atoms with Gasteiger partial charge in [-0.05, 0) is 63.5 Å². The summed E-state index contributed by atoms with van der Waals surface area (Å²) in [7, 11) is 0.405. The quantitative estimate of drug-likeness (QED) is 0.696. The van der Waals surface area contributed by atoms with E-state index in [0.717, 1.165) is 11.3 Å². The Morgan fingerprint density at radius 3 is 1.83 bits per heavy atom. The van der Waals surface area contributed by atoms with Gasteiger partial charge >= 0.3 is 0 Å². The van der Waals surface area contributed by atoms with Gasteiger partial charge in [-0.2, -0.15) is 0 Å². The molecule has 3 heteroatoms. The van der Waals surface area contributed by atoms with Crippen molar-refractivity contribution >= 4 is 15.8 Å². The summed E-state index contributed by atoms with van der Waals surface area (Å²) in [6, 6.07) is 6.83. The van der Waals surface area contributed by atoms with Gasteiger partial charge in [0.15, 0.2) is 0 Å². The highest BCUT2D eigenvalue weighted by Crippen LogP contribution is 2.58. The second kappa shape index (κ2) is 5.56. The van der Waals surface area contributed by atoms with E-state index in [9.17, 15) is 0 Å². The summed E-state index contributed by atoms with van der Waals surface area (Å²) >= 11 is 0. The Morgan fingerprint density at radius 2 is 1.44 bits per heavy atom. The maximum absolute atomic E-state index is 5.07. The first-order valence-electron chi connectivity index (χ1n) is 7.13. The van der Waals surface area contributed by atoms with Crippen LogP contribution in [0, 0.1) is 0 Å². The zero-order valence-corrected chi connectivity index (χ0v) is 13.3. The van der Waals surface area contributed by atoms with Crippen LogP contribution < -0.4 is 0 Å². The lowest BCUT2D eigenvalue weighted by Gasteiger charge is -2.19. The van der Waals surface area contributed by atoms with Crippen LogP contribution in [0.15, 0.2) is 18.2 Å². The fourth-order valence-corrected chi connectivity index (χ4v) is 7.83. The van der Waals surface area contributed by atoms with E-state index in [4.69, 9.17) is 4.98 Å². The summed E-state index contributed by atoms with van der Waals surface area (Å²) in [5, 5.41) is 0. The number of rotatable bonds is 2. The average molecular weight is 279 g/mol. The SMILES string of the molecule is CP1CCCC1c1cccc(C2CCCP2C)n1. The molecule has 2 aliphatic rings. The van der Waals surface area contributed by atoms with E-state index < -0.39 is 0 Å². The van der Waals surface area contributed by atoms with Crippen LogP contribution in [0.1, 0.15) is 48.4 Å². The first-order chi connectivity index (χ1) is 8.75. The molecule has 0 amide bonds. The van der Waals surface area contributed by atoms with Crippen molar-refractivity contribution < 1.29 is 0 Å². The summed E-state index contributed by atoms with van der Waals surface area (Å²) in [6.45, 7) is 4.92. The molecule has 1 aromatic rings. The van der Waals surface area contributed by atoms with Crippen molar-refractivity contribution in [3.63, 3.8) is 0 Å². The molecule has 98 valence electrons. The molecular weight excluding hydrogens is 256 g/mol. The summed E-state index contributed by atoms with van der Waals surface area (Å²) in [4.78, 5) is 5.07. The number of nitrogens with zero attached hydrogens (tertiary/aromatic N) is 1. The average Bonchev–Trinajstić information content (AvgIpc) is 2.98. The van der Waals surface area contributed by atoms with Gasteiger partial charge in [0.25, 0.3) is 0 Å². The third-order valence-corrected chi connectivity index (χ3v) is 9.73. The minimum absolute atomic E-state index is 0.202. The normalized spacial score (nSPS) is 36.1. The highest BCUT2D eigenvalue weighted by molar-refractivity contribution is 7.57. The zero-order valence-electron chi connectivity index (χ0n) is 11.5. The van der Waals surface area contributed by atoms with Crippen LogP contribution in [0.25, 0.3) is 0 Å². The third kappa shape index (κ3) is 2.50. The van der Waals surface area contributed by atoms with Crippen molar-refractivity contribution in [2.24, 2.45) is 0 Å². The highest BCUT2D eigenvalue weighted by Gasteiger charge is 2.28. The second-order valence-electron chi connectivity index (χ2n) is 5.76. The van der Waals surface area contributed by atoms with Crippen molar-refractivity contribution in [3.8, 4) is 0 Å². The molecule has 2 fully saturated rings. The molecule has 18 heavy (non-hydrogen) atoms. The molecular formula is C15H23NP2. The van der Waals surface area contributed by atoms with E-state index in [-0.39, 0.29) is 15.8 Å². The van der Waals surface area contributed by atoms with E-state index in [2.05, 4.69) is 31.5 Å². The van der Waals surface area contributed by atoms with E-state index >= 15 is 0 Å². The summed E-state index contributed by atoms with van der Waals surface area (Å²) < 4.78 is 0. The van der Waals surface area contributed by atoms with Gasteiger partial charge in [0.05, 0.1) is 0 Å². The van der Waals surface area contributed by atoms with Gasteiger partial charge in [-0.1, -0.05) is 6.07 Å². The fraction of sp³-hybridized carbons (Fsp3) is 0.667. The van der Waals surface area contributed by atoms with Crippen molar-refractivity contribution in [3.05, 3.63) is 29.6 Å². The van der Waals surface area contributed by atoms with Crippen LogP contribution in [-0.4, -0.2) is 30.6 Å². The fourth-order valence-electron chi connectivity index (χ4n) is 3.41. The Bertz CT molecular complexity index is 385. The predicted molar refractivity (Wildman–Crippen MR) is 83.6 cm³/mol. The molecule has 0 aromatic carbocycles. The van der Waals surface area contributed by atoms with Crippen LogP contribution in [-0.2, 0) is 0 Å². The Labute approximate surface area is 113 Å². The summed E-state index contributed by atoms with van der Waals surface area (Å²) in [5.41, 5.74) is 4.41. The predicted octanol–water partition coefficient (Wildman–Crippen LogP) is 4.97. The monoisotopic (exact) mass is 279 g/mol. The van der Waals surface area contributed by atoms with E-state index in [0.29, 0.717) is 0 Å². The van der Waals surface area contributed by atoms with Crippen molar-refractivity contribution in [2.45, 2.75) is 37.0 Å². The molecule has 3 rings (SSSR count). The molecule has 4 unspecified atom stereocenters. The second-order valence-corrected chi connectivity index (χ2v) is 10.9. The Balaban J connectivity index is 1.84. The van der Waals surface area contributed by atoms with E-state index in [1.165, 1.54) is 49.4 Å². The molecule has 3 heterocycles. The Morgan fingerprint density at radius 1 is 0.944 bits per heavy atom. The van der Waals surface area contributed by atoms with Gasteiger partial charge in [0.2, 0.25) is 0 Å². The molecule has 0 spiro atoms. The van der Waals surface area contributed by atoms with Crippen LogP contribution >= 0.6 is 15.8 Å². The lowest BCUT2D eigenvalue weighted by atomic mass is 10.1. The number of aromatic nitrogens is 1. The molecule has 1 nitrogen and oxygen atoms in total. The van der Waals surface area contributed by atoms with Gasteiger partial charge in [0, 0.05) is 22.7 Å². The summed E-state index contributed by atoms with van der Waals surface area (Å²) in [6.07, 6.45) is 8.51. The first-order valence-corrected chi connectivity index (χ1v) is 11.2. The molecule has 2 aliphatic heterocycles. The van der Waals surface area contributed by atoms with Crippen molar-refractivity contribution in [1.29, 1.82) is 0 Å². The zero-order chi connectivity index (χ0) is 12.5.